The summed E-state index contributed by atoms with van der Waals surface area (Å²) >= 11 is 0. The highest BCUT2D eigenvalue weighted by atomic mass is 16.2. The zero-order valence-electron chi connectivity index (χ0n) is 17.4. The van der Waals surface area contributed by atoms with Crippen molar-refractivity contribution >= 4 is 16.9 Å². The average molecular weight is 383 g/mol. The largest absolute Gasteiger partial charge is 0.364 e. The lowest BCUT2D eigenvalue weighted by Crippen LogP contribution is -2.31. The minimum absolute atomic E-state index is 0.386. The van der Waals surface area contributed by atoms with Crippen LogP contribution in [0.4, 0.5) is 5.69 Å². The summed E-state index contributed by atoms with van der Waals surface area (Å²) < 4.78 is 3.39. The van der Waals surface area contributed by atoms with E-state index in [1.165, 1.54) is 11.1 Å². The molecule has 28 heavy (non-hydrogen) atoms. The first-order chi connectivity index (χ1) is 13.4. The minimum Gasteiger partial charge on any atom is -0.364 e. The molecule has 7 heteroatoms. The molecule has 0 aliphatic carbocycles. The molecule has 3 rings (SSSR count). The van der Waals surface area contributed by atoms with E-state index in [0.717, 1.165) is 30.9 Å². The average Bonchev–Trinajstić information content (AvgIpc) is 2.96. The molecule has 0 unspecified atom stereocenters. The van der Waals surface area contributed by atoms with Gasteiger partial charge < -0.3 is 9.47 Å². The second-order valence-corrected chi connectivity index (χ2v) is 7.33. The van der Waals surface area contributed by atoms with E-state index in [0.29, 0.717) is 24.3 Å². The van der Waals surface area contributed by atoms with Gasteiger partial charge >= 0.3 is 5.69 Å². The van der Waals surface area contributed by atoms with Crippen LogP contribution in [-0.2, 0) is 20.1 Å². The molecule has 0 bridgehead atoms. The van der Waals surface area contributed by atoms with E-state index in [1.807, 2.05) is 11.6 Å². The molecule has 1 aromatic carbocycles. The van der Waals surface area contributed by atoms with E-state index in [2.05, 4.69) is 55.8 Å². The molecule has 0 radical (unpaired) electrons. The van der Waals surface area contributed by atoms with Crippen molar-refractivity contribution in [2.24, 2.45) is 7.05 Å². The topological polar surface area (TPSA) is 75.9 Å². The van der Waals surface area contributed by atoms with Crippen molar-refractivity contribution in [3.8, 4) is 0 Å². The van der Waals surface area contributed by atoms with E-state index in [9.17, 15) is 9.59 Å². The number of hydrogen-bond donors (Lipinski definition) is 1. The predicted molar refractivity (Wildman–Crippen MR) is 113 cm³/mol. The third kappa shape index (κ3) is 3.61. The van der Waals surface area contributed by atoms with Crippen molar-refractivity contribution in [1.82, 2.24) is 19.1 Å². The number of fused-ring (bicyclic) bond motifs is 1. The molecule has 2 aromatic heterocycles. The van der Waals surface area contributed by atoms with Gasteiger partial charge in [0.05, 0.1) is 6.54 Å². The maximum absolute atomic E-state index is 12.4. The molecule has 150 valence electrons. The van der Waals surface area contributed by atoms with Crippen LogP contribution in [0.3, 0.4) is 0 Å². The molecule has 3 aromatic rings. The summed E-state index contributed by atoms with van der Waals surface area (Å²) in [6.07, 6.45) is 1.82. The van der Waals surface area contributed by atoms with Crippen molar-refractivity contribution in [3.63, 3.8) is 0 Å². The lowest BCUT2D eigenvalue weighted by atomic mass is 10.1. The highest BCUT2D eigenvalue weighted by molar-refractivity contribution is 5.71. The Morgan fingerprint density at radius 2 is 1.93 bits per heavy atom. The SMILES string of the molecule is CCCCn1c(=O)[nH]c(=O)c2c1nc(CN(CC)c1ccc(C)cc1C)n2C. The van der Waals surface area contributed by atoms with E-state index in [-0.39, 0.29) is 5.56 Å². The number of imidazole rings is 1. The van der Waals surface area contributed by atoms with Crippen LogP contribution in [0, 0.1) is 13.8 Å². The summed E-state index contributed by atoms with van der Waals surface area (Å²) in [4.78, 5) is 34.1. The number of anilines is 1. The second kappa shape index (κ2) is 8.04. The molecule has 0 saturated heterocycles. The molecule has 1 N–H and O–H groups in total. The van der Waals surface area contributed by atoms with Gasteiger partial charge in [-0.3, -0.25) is 14.3 Å². The van der Waals surface area contributed by atoms with Crippen molar-refractivity contribution in [3.05, 3.63) is 56.0 Å². The van der Waals surface area contributed by atoms with Crippen molar-refractivity contribution in [2.45, 2.75) is 53.6 Å². The van der Waals surface area contributed by atoms with E-state index < -0.39 is 5.69 Å². The van der Waals surface area contributed by atoms with Gasteiger partial charge in [0.15, 0.2) is 11.2 Å². The van der Waals surface area contributed by atoms with Gasteiger partial charge in [-0.25, -0.2) is 9.78 Å². The fourth-order valence-corrected chi connectivity index (χ4v) is 3.65. The van der Waals surface area contributed by atoms with E-state index >= 15 is 0 Å². The standard InChI is InChI=1S/C21H29N5O2/c1-6-8-11-26-19-18(20(27)23-21(26)28)24(5)17(22-19)13-25(7-2)16-10-9-14(3)12-15(16)4/h9-10,12H,6-8,11,13H2,1-5H3,(H,23,27,28). The Labute approximate surface area is 164 Å². The van der Waals surface area contributed by atoms with E-state index in [1.54, 1.807) is 4.57 Å². The Hall–Kier alpha value is -2.83. The van der Waals surface area contributed by atoms with Crippen molar-refractivity contribution in [2.75, 3.05) is 11.4 Å². The molecule has 2 heterocycles. The fraction of sp³-hybridized carbons (Fsp3) is 0.476. The van der Waals surface area contributed by atoms with Crippen LogP contribution in [0.5, 0.6) is 0 Å². The Morgan fingerprint density at radius 3 is 2.57 bits per heavy atom. The third-order valence-corrected chi connectivity index (χ3v) is 5.25. The highest BCUT2D eigenvalue weighted by Crippen LogP contribution is 2.23. The van der Waals surface area contributed by atoms with Crippen LogP contribution in [0.1, 0.15) is 43.6 Å². The summed E-state index contributed by atoms with van der Waals surface area (Å²) in [7, 11) is 1.84. The normalized spacial score (nSPS) is 11.3. The van der Waals surface area contributed by atoms with Gasteiger partial charge in [-0.2, -0.15) is 0 Å². The summed E-state index contributed by atoms with van der Waals surface area (Å²) in [6.45, 7) is 10.3. The Bertz CT molecular complexity index is 1110. The molecule has 0 fully saturated rings. The lowest BCUT2D eigenvalue weighted by Gasteiger charge is -2.24. The van der Waals surface area contributed by atoms with Crippen LogP contribution < -0.4 is 16.1 Å². The van der Waals surface area contributed by atoms with Gasteiger partial charge in [-0.05, 0) is 38.8 Å². The number of benzene rings is 1. The summed E-state index contributed by atoms with van der Waals surface area (Å²) in [5.41, 5.74) is 3.72. The molecule has 0 atom stereocenters. The van der Waals surface area contributed by atoms with Crippen LogP contribution in [-0.4, -0.2) is 25.6 Å². The quantitative estimate of drug-likeness (QED) is 0.681. The number of aromatic amines is 1. The van der Waals surface area contributed by atoms with Crippen LogP contribution in [0.2, 0.25) is 0 Å². The van der Waals surface area contributed by atoms with Gasteiger partial charge in [0.1, 0.15) is 5.82 Å². The first-order valence-electron chi connectivity index (χ1n) is 9.88. The lowest BCUT2D eigenvalue weighted by molar-refractivity contribution is 0.613. The second-order valence-electron chi connectivity index (χ2n) is 7.33. The van der Waals surface area contributed by atoms with Crippen molar-refractivity contribution in [1.29, 1.82) is 0 Å². The molecule has 0 saturated carbocycles. The molecule has 0 aliphatic heterocycles. The highest BCUT2D eigenvalue weighted by Gasteiger charge is 2.18. The Balaban J connectivity index is 2.08. The number of H-pyrrole nitrogens is 1. The summed E-state index contributed by atoms with van der Waals surface area (Å²) in [6, 6.07) is 6.40. The molecule has 7 nitrogen and oxygen atoms in total. The maximum atomic E-state index is 12.4. The van der Waals surface area contributed by atoms with Gasteiger partial charge in [-0.15, -0.1) is 0 Å². The minimum atomic E-state index is -0.391. The monoisotopic (exact) mass is 383 g/mol. The number of unbranched alkanes of at least 4 members (excludes halogenated alkanes) is 1. The van der Waals surface area contributed by atoms with E-state index in [4.69, 9.17) is 4.98 Å². The predicted octanol–water partition coefficient (Wildman–Crippen LogP) is 2.87. The number of aromatic nitrogens is 4. The van der Waals surface area contributed by atoms with Crippen LogP contribution in [0.15, 0.2) is 27.8 Å². The third-order valence-electron chi connectivity index (χ3n) is 5.25. The van der Waals surface area contributed by atoms with Gasteiger partial charge in [0.2, 0.25) is 0 Å². The number of rotatable bonds is 7. The Morgan fingerprint density at radius 1 is 1.18 bits per heavy atom. The zero-order chi connectivity index (χ0) is 20.4. The first kappa shape index (κ1) is 19.9. The Kier molecular flexibility index (Phi) is 5.72. The number of hydrogen-bond acceptors (Lipinski definition) is 4. The molecular weight excluding hydrogens is 354 g/mol. The zero-order valence-corrected chi connectivity index (χ0v) is 17.4. The van der Waals surface area contributed by atoms with Gasteiger partial charge in [-0.1, -0.05) is 31.0 Å². The molecule has 0 aliphatic rings. The van der Waals surface area contributed by atoms with Crippen LogP contribution >= 0.6 is 0 Å². The van der Waals surface area contributed by atoms with Gasteiger partial charge in [0, 0.05) is 25.8 Å². The molecule has 0 spiro atoms. The number of nitrogens with one attached hydrogen (secondary N) is 1. The molecular formula is C21H29N5O2. The van der Waals surface area contributed by atoms with Gasteiger partial charge in [0.25, 0.3) is 5.56 Å². The van der Waals surface area contributed by atoms with Crippen molar-refractivity contribution < 1.29 is 0 Å². The number of aryl methyl sites for hydroxylation is 4. The number of nitrogens with zero attached hydrogens (tertiary/aromatic N) is 4. The summed E-state index contributed by atoms with van der Waals surface area (Å²) in [5, 5.41) is 0. The maximum Gasteiger partial charge on any atom is 0.330 e. The van der Waals surface area contributed by atoms with Crippen LogP contribution in [0.25, 0.3) is 11.2 Å². The molecule has 0 amide bonds. The smallest absolute Gasteiger partial charge is 0.330 e. The first-order valence-corrected chi connectivity index (χ1v) is 9.88. The summed E-state index contributed by atoms with van der Waals surface area (Å²) in [5.74, 6) is 0.762. The fourth-order valence-electron chi connectivity index (χ4n) is 3.65.